The number of hydrogen-bond acceptors (Lipinski definition) is 5. The number of nitrogens with zero attached hydrogens (tertiary/aromatic N) is 2. The van der Waals surface area contributed by atoms with Gasteiger partial charge in [0.2, 0.25) is 0 Å². The van der Waals surface area contributed by atoms with Gasteiger partial charge in [-0.15, -0.1) is 0 Å². The van der Waals surface area contributed by atoms with Gasteiger partial charge in [-0.25, -0.2) is 8.42 Å². The Hall–Kier alpha value is -0.640. The lowest BCUT2D eigenvalue weighted by Gasteiger charge is -2.29. The molecule has 1 rings (SSSR count). The first-order valence-corrected chi connectivity index (χ1v) is 9.77. The van der Waals surface area contributed by atoms with Crippen LogP contribution in [-0.4, -0.2) is 56.5 Å². The van der Waals surface area contributed by atoms with E-state index in [-0.39, 0.29) is 11.8 Å². The molecule has 0 radical (unpaired) electrons. The Balaban J connectivity index is 2.42. The van der Waals surface area contributed by atoms with Crippen LogP contribution in [0.3, 0.4) is 0 Å². The summed E-state index contributed by atoms with van der Waals surface area (Å²) < 4.78 is 23.0. The topological polar surface area (TPSA) is 73.2 Å². The molecule has 1 heterocycles. The lowest BCUT2D eigenvalue weighted by Crippen LogP contribution is -2.44. The summed E-state index contributed by atoms with van der Waals surface area (Å²) >= 11 is 0. The smallest absolute Gasteiger partial charge is 0.151 e. The zero-order chi connectivity index (χ0) is 15.9. The van der Waals surface area contributed by atoms with E-state index >= 15 is 0 Å². The van der Waals surface area contributed by atoms with Gasteiger partial charge in [0.15, 0.2) is 9.84 Å². The van der Waals surface area contributed by atoms with E-state index in [1.54, 1.807) is 0 Å². The van der Waals surface area contributed by atoms with Crippen LogP contribution in [0.15, 0.2) is 0 Å². The quantitative estimate of drug-likeness (QED) is 0.699. The summed E-state index contributed by atoms with van der Waals surface area (Å²) in [6, 6.07) is 2.58. The van der Waals surface area contributed by atoms with E-state index in [9.17, 15) is 13.7 Å². The third-order valence-corrected chi connectivity index (χ3v) is 6.23. The molecule has 0 aromatic carbocycles. The lowest BCUT2D eigenvalue weighted by molar-refractivity contribution is 0.243. The molecule has 2 unspecified atom stereocenters. The number of nitrogens with one attached hydrogen (secondary N) is 1. The Labute approximate surface area is 129 Å². The molecule has 5 nitrogen and oxygen atoms in total. The molecule has 1 fully saturated rings. The minimum atomic E-state index is -2.82. The standard InChI is InChI=1S/C15H29N3O2S/c1-4-9-17-15(5-2,13-16)8-6-10-18(3)14-7-11-21(19,20)12-14/h14,17H,4-12H2,1-3H3. The van der Waals surface area contributed by atoms with Crippen molar-refractivity contribution in [2.75, 3.05) is 31.6 Å². The maximum absolute atomic E-state index is 11.5. The molecule has 1 saturated heterocycles. The van der Waals surface area contributed by atoms with E-state index in [2.05, 4.69) is 23.2 Å². The van der Waals surface area contributed by atoms with Crippen molar-refractivity contribution in [3.05, 3.63) is 0 Å². The molecule has 0 aromatic heterocycles. The zero-order valence-corrected chi connectivity index (χ0v) is 14.4. The number of rotatable bonds is 9. The monoisotopic (exact) mass is 315 g/mol. The zero-order valence-electron chi connectivity index (χ0n) is 13.6. The molecule has 0 spiro atoms. The van der Waals surface area contributed by atoms with Gasteiger partial charge in [-0.1, -0.05) is 13.8 Å². The Kier molecular flexibility index (Phi) is 7.11. The predicted molar refractivity (Wildman–Crippen MR) is 85.9 cm³/mol. The van der Waals surface area contributed by atoms with Crippen molar-refractivity contribution in [1.29, 1.82) is 5.26 Å². The van der Waals surface area contributed by atoms with Gasteiger partial charge < -0.3 is 4.90 Å². The normalized spacial score (nSPS) is 23.9. The van der Waals surface area contributed by atoms with Crippen molar-refractivity contribution in [2.45, 2.75) is 57.5 Å². The molecular weight excluding hydrogens is 286 g/mol. The van der Waals surface area contributed by atoms with Gasteiger partial charge in [0.05, 0.1) is 17.6 Å². The Morgan fingerprint density at radius 1 is 1.43 bits per heavy atom. The average Bonchev–Trinajstić information content (AvgIpc) is 2.83. The van der Waals surface area contributed by atoms with E-state index < -0.39 is 15.4 Å². The highest BCUT2D eigenvalue weighted by Gasteiger charge is 2.31. The van der Waals surface area contributed by atoms with Crippen molar-refractivity contribution < 1.29 is 8.42 Å². The minimum Gasteiger partial charge on any atom is -0.302 e. The van der Waals surface area contributed by atoms with E-state index in [1.807, 2.05) is 14.0 Å². The lowest BCUT2D eigenvalue weighted by atomic mass is 9.91. The molecule has 122 valence electrons. The van der Waals surface area contributed by atoms with E-state index in [4.69, 9.17) is 0 Å². The summed E-state index contributed by atoms with van der Waals surface area (Å²) in [7, 11) is -0.831. The first kappa shape index (κ1) is 18.4. The molecule has 1 N–H and O–H groups in total. The number of hydrogen-bond donors (Lipinski definition) is 1. The molecule has 2 atom stereocenters. The summed E-state index contributed by atoms with van der Waals surface area (Å²) in [6.07, 6.45) is 4.27. The molecule has 6 heteroatoms. The molecule has 0 aromatic rings. The summed E-state index contributed by atoms with van der Waals surface area (Å²) in [6.45, 7) is 5.84. The van der Waals surface area contributed by atoms with Crippen molar-refractivity contribution in [3.8, 4) is 6.07 Å². The van der Waals surface area contributed by atoms with Crippen molar-refractivity contribution in [2.24, 2.45) is 0 Å². The second-order valence-corrected chi connectivity index (χ2v) is 8.34. The van der Waals surface area contributed by atoms with Gasteiger partial charge in [-0.05, 0) is 52.2 Å². The van der Waals surface area contributed by atoms with Crippen molar-refractivity contribution in [3.63, 3.8) is 0 Å². The third-order valence-electron chi connectivity index (χ3n) is 4.48. The van der Waals surface area contributed by atoms with Gasteiger partial charge >= 0.3 is 0 Å². The highest BCUT2D eigenvalue weighted by Crippen LogP contribution is 2.20. The highest BCUT2D eigenvalue weighted by molar-refractivity contribution is 7.91. The predicted octanol–water partition coefficient (Wildman–Crippen LogP) is 1.56. The fourth-order valence-electron chi connectivity index (χ4n) is 2.86. The molecule has 0 aliphatic carbocycles. The first-order valence-electron chi connectivity index (χ1n) is 7.95. The van der Waals surface area contributed by atoms with Gasteiger partial charge in [-0.3, -0.25) is 5.32 Å². The summed E-state index contributed by atoms with van der Waals surface area (Å²) in [4.78, 5) is 2.14. The van der Waals surface area contributed by atoms with E-state index in [0.29, 0.717) is 5.75 Å². The fourth-order valence-corrected chi connectivity index (χ4v) is 4.67. The Morgan fingerprint density at radius 2 is 2.14 bits per heavy atom. The SMILES string of the molecule is CCCNC(C#N)(CC)CCCN(C)C1CCS(=O)(=O)C1. The van der Waals surface area contributed by atoms with Gasteiger partial charge in [0.25, 0.3) is 0 Å². The summed E-state index contributed by atoms with van der Waals surface area (Å²) in [5.74, 6) is 0.603. The Bertz CT molecular complexity index is 458. The van der Waals surface area contributed by atoms with Crippen LogP contribution in [0.1, 0.15) is 46.0 Å². The van der Waals surface area contributed by atoms with Crippen molar-refractivity contribution >= 4 is 9.84 Å². The van der Waals surface area contributed by atoms with Crippen LogP contribution in [0.5, 0.6) is 0 Å². The van der Waals surface area contributed by atoms with Gasteiger partial charge in [0.1, 0.15) is 5.54 Å². The maximum Gasteiger partial charge on any atom is 0.151 e. The number of nitriles is 1. The van der Waals surface area contributed by atoms with Crippen LogP contribution >= 0.6 is 0 Å². The Morgan fingerprint density at radius 3 is 2.62 bits per heavy atom. The average molecular weight is 315 g/mol. The maximum atomic E-state index is 11.5. The summed E-state index contributed by atoms with van der Waals surface area (Å²) in [5.41, 5.74) is -0.432. The van der Waals surface area contributed by atoms with Gasteiger partial charge in [-0.2, -0.15) is 5.26 Å². The van der Waals surface area contributed by atoms with Crippen LogP contribution < -0.4 is 5.32 Å². The molecule has 0 amide bonds. The minimum absolute atomic E-state index is 0.150. The largest absolute Gasteiger partial charge is 0.302 e. The second-order valence-electron chi connectivity index (χ2n) is 6.12. The second kappa shape index (κ2) is 8.11. The van der Waals surface area contributed by atoms with Crippen LogP contribution in [-0.2, 0) is 9.84 Å². The number of sulfone groups is 1. The summed E-state index contributed by atoms with van der Waals surface area (Å²) in [5, 5.41) is 12.8. The fraction of sp³-hybridized carbons (Fsp3) is 0.933. The third kappa shape index (κ3) is 5.57. The van der Waals surface area contributed by atoms with Crippen LogP contribution in [0.2, 0.25) is 0 Å². The molecule has 0 saturated carbocycles. The molecule has 0 bridgehead atoms. The van der Waals surface area contributed by atoms with Crippen LogP contribution in [0, 0.1) is 11.3 Å². The molecular formula is C15H29N3O2S. The molecule has 1 aliphatic heterocycles. The van der Waals surface area contributed by atoms with Crippen molar-refractivity contribution in [1.82, 2.24) is 10.2 Å². The van der Waals surface area contributed by atoms with Crippen LogP contribution in [0.25, 0.3) is 0 Å². The van der Waals surface area contributed by atoms with Gasteiger partial charge in [0, 0.05) is 6.04 Å². The van der Waals surface area contributed by atoms with Crippen LogP contribution in [0.4, 0.5) is 0 Å². The van der Waals surface area contributed by atoms with E-state index in [1.165, 1.54) is 0 Å². The first-order chi connectivity index (χ1) is 9.88. The molecule has 1 aliphatic rings. The molecule has 21 heavy (non-hydrogen) atoms. The highest BCUT2D eigenvalue weighted by atomic mass is 32.2. The van der Waals surface area contributed by atoms with E-state index in [0.717, 1.165) is 45.2 Å².